The second-order valence-corrected chi connectivity index (χ2v) is 13.5. The van der Waals surface area contributed by atoms with Gasteiger partial charge in [0.1, 0.15) is 0 Å². The number of nitrogens with zero attached hydrogens (tertiary/aromatic N) is 1. The highest BCUT2D eigenvalue weighted by molar-refractivity contribution is 8.06. The van der Waals surface area contributed by atoms with Crippen molar-refractivity contribution in [2.75, 3.05) is 0 Å². The molecule has 5 nitrogen and oxygen atoms in total. The van der Waals surface area contributed by atoms with Gasteiger partial charge in [0.25, 0.3) is 0 Å². The minimum atomic E-state index is -6.65. The summed E-state index contributed by atoms with van der Waals surface area (Å²) in [6.07, 6.45) is 0. The van der Waals surface area contributed by atoms with Crippen LogP contribution in [0.4, 0.5) is 26.3 Å². The Kier molecular flexibility index (Phi) is 4.51. The summed E-state index contributed by atoms with van der Waals surface area (Å²) in [6, 6.07) is 0. The fourth-order valence-corrected chi connectivity index (χ4v) is 9.34. The molecule has 0 atom stereocenters. The summed E-state index contributed by atoms with van der Waals surface area (Å²) in [5, 5.41) is 0. The van der Waals surface area contributed by atoms with Crippen molar-refractivity contribution < 1.29 is 43.2 Å². The molecule has 116 valence electrons. The topological polar surface area (TPSA) is 71.5 Å². The Bertz CT molecular complexity index is 498. The maximum absolute atomic E-state index is 12.3. The van der Waals surface area contributed by atoms with Crippen LogP contribution in [-0.2, 0) is 20.0 Å². The molecular weight excluding hydrogens is 344 g/mol. The third kappa shape index (κ3) is 3.40. The molecule has 0 N–H and O–H groups in total. The molecule has 0 amide bonds. The smallest absolute Gasteiger partial charge is 0.202 e. The molecule has 0 aliphatic heterocycles. The molecule has 0 bridgehead atoms. The molecule has 0 aromatic carbocycles. The van der Waals surface area contributed by atoms with Crippen LogP contribution in [0, 0.1) is 0 Å². The zero-order valence-corrected chi connectivity index (χ0v) is 12.3. The van der Waals surface area contributed by atoms with Crippen molar-refractivity contribution in [3.8, 4) is 0 Å². The number of hydrogen-bond acceptors (Lipinski definition) is 4. The zero-order valence-electron chi connectivity index (χ0n) is 9.66. The molecular formula is C5H9F6NO4S2Si. The monoisotopic (exact) mass is 353 g/mol. The van der Waals surface area contributed by atoms with Gasteiger partial charge in [-0.05, 0) is 0 Å². The van der Waals surface area contributed by atoms with Gasteiger partial charge in [-0.1, -0.05) is 19.6 Å². The van der Waals surface area contributed by atoms with Crippen LogP contribution in [0.25, 0.3) is 0 Å². The van der Waals surface area contributed by atoms with Crippen LogP contribution in [0.1, 0.15) is 0 Å². The molecule has 0 unspecified atom stereocenters. The van der Waals surface area contributed by atoms with Gasteiger partial charge >= 0.3 is 31.1 Å². The maximum Gasteiger partial charge on any atom is 0.512 e. The van der Waals surface area contributed by atoms with E-state index in [1.165, 1.54) is 0 Å². The summed E-state index contributed by atoms with van der Waals surface area (Å²) < 4.78 is 117. The van der Waals surface area contributed by atoms with Gasteiger partial charge in [-0.25, -0.2) is 16.8 Å². The number of rotatable bonds is 3. The first-order valence-corrected chi connectivity index (χ1v) is 10.6. The highest BCUT2D eigenvalue weighted by atomic mass is 32.3. The summed E-state index contributed by atoms with van der Waals surface area (Å²) >= 11 is 0. The fourth-order valence-electron chi connectivity index (χ4n) is 1.04. The van der Waals surface area contributed by atoms with Crippen LogP contribution in [0.5, 0.6) is 0 Å². The minimum absolute atomic E-state index is 0.722. The summed E-state index contributed by atoms with van der Waals surface area (Å²) in [7, 11) is -17.4. The van der Waals surface area contributed by atoms with Gasteiger partial charge in [-0.3, -0.25) is 0 Å². The molecule has 0 fully saturated rings. The van der Waals surface area contributed by atoms with E-state index in [2.05, 4.69) is 0 Å². The summed E-state index contributed by atoms with van der Waals surface area (Å²) in [4.78, 5) is 0. The molecule has 0 aliphatic carbocycles. The van der Waals surface area contributed by atoms with Crippen molar-refractivity contribution >= 4 is 28.3 Å². The van der Waals surface area contributed by atoms with Crippen molar-refractivity contribution in [3.05, 3.63) is 0 Å². The van der Waals surface area contributed by atoms with Gasteiger partial charge < -0.3 is 0 Å². The van der Waals surface area contributed by atoms with Crippen LogP contribution < -0.4 is 0 Å². The molecule has 0 saturated carbocycles. The first-order chi connectivity index (χ1) is 7.87. The molecule has 0 rings (SSSR count). The Morgan fingerprint density at radius 2 is 0.947 bits per heavy atom. The van der Waals surface area contributed by atoms with Crippen LogP contribution in [-0.4, -0.2) is 39.5 Å². The molecule has 0 heterocycles. The van der Waals surface area contributed by atoms with Crippen molar-refractivity contribution in [1.29, 1.82) is 0 Å². The lowest BCUT2D eigenvalue weighted by atomic mass is 11.6. The standard InChI is InChI=1S/C5H9F6NO4S2Si/c1-19(2,3)12(17(13,14)4(6,7)8)18(15,16)5(9,10)11/h1-3H3. The summed E-state index contributed by atoms with van der Waals surface area (Å²) in [5.74, 6) is 0. The highest BCUT2D eigenvalue weighted by Crippen LogP contribution is 2.38. The molecule has 0 saturated heterocycles. The second kappa shape index (κ2) is 4.59. The van der Waals surface area contributed by atoms with Crippen molar-refractivity contribution in [3.63, 3.8) is 0 Å². The van der Waals surface area contributed by atoms with Gasteiger partial charge in [0.05, 0.1) is 0 Å². The molecule has 19 heavy (non-hydrogen) atoms. The predicted octanol–water partition coefficient (Wildman–Crippen LogP) is 1.82. The van der Waals surface area contributed by atoms with Gasteiger partial charge in [-0.15, -0.1) is 3.38 Å². The van der Waals surface area contributed by atoms with E-state index in [4.69, 9.17) is 0 Å². The predicted molar refractivity (Wildman–Crippen MR) is 55.1 cm³/mol. The van der Waals surface area contributed by atoms with Gasteiger partial charge in [0.15, 0.2) is 8.24 Å². The lowest BCUT2D eigenvalue weighted by Crippen LogP contribution is -2.59. The molecule has 0 aliphatic rings. The number of alkyl halides is 6. The Morgan fingerprint density at radius 1 is 0.737 bits per heavy atom. The van der Waals surface area contributed by atoms with E-state index in [1.54, 1.807) is 0 Å². The SMILES string of the molecule is C[Si](C)(C)N(S(=O)(=O)C(F)(F)F)S(=O)(=O)C(F)(F)F. The number of hydrogen-bond donors (Lipinski definition) is 0. The number of halogens is 6. The van der Waals surface area contributed by atoms with E-state index >= 15 is 0 Å². The number of sulfonamides is 2. The zero-order chi connectivity index (χ0) is 16.1. The molecule has 0 spiro atoms. The average molecular weight is 353 g/mol. The lowest BCUT2D eigenvalue weighted by molar-refractivity contribution is -0.0510. The van der Waals surface area contributed by atoms with E-state index in [1.807, 2.05) is 0 Å². The lowest BCUT2D eigenvalue weighted by Gasteiger charge is -2.32. The summed E-state index contributed by atoms with van der Waals surface area (Å²) in [6.45, 7) is 2.17. The van der Waals surface area contributed by atoms with E-state index in [0.717, 1.165) is 19.6 Å². The van der Waals surface area contributed by atoms with E-state index < -0.39 is 42.7 Å². The Balaban J connectivity index is 6.41. The Morgan fingerprint density at radius 3 is 1.05 bits per heavy atom. The summed E-state index contributed by atoms with van der Waals surface area (Å²) in [5.41, 5.74) is -12.3. The van der Waals surface area contributed by atoms with Crippen LogP contribution in [0.15, 0.2) is 0 Å². The van der Waals surface area contributed by atoms with Gasteiger partial charge in [0, 0.05) is 0 Å². The highest BCUT2D eigenvalue weighted by Gasteiger charge is 2.64. The minimum Gasteiger partial charge on any atom is -0.202 e. The van der Waals surface area contributed by atoms with E-state index in [-0.39, 0.29) is 0 Å². The van der Waals surface area contributed by atoms with E-state index in [9.17, 15) is 43.2 Å². The fraction of sp³-hybridized carbons (Fsp3) is 1.00. The third-order valence-electron chi connectivity index (χ3n) is 1.57. The van der Waals surface area contributed by atoms with E-state index in [0.29, 0.717) is 0 Å². The van der Waals surface area contributed by atoms with Crippen LogP contribution >= 0.6 is 0 Å². The Hall–Kier alpha value is -0.343. The third-order valence-corrected chi connectivity index (χ3v) is 10.6. The largest absolute Gasteiger partial charge is 0.512 e. The first-order valence-electron chi connectivity index (χ1n) is 4.30. The molecule has 0 radical (unpaired) electrons. The molecule has 14 heteroatoms. The normalized spacial score (nSPS) is 15.9. The van der Waals surface area contributed by atoms with Crippen LogP contribution in [0.2, 0.25) is 19.6 Å². The van der Waals surface area contributed by atoms with Crippen molar-refractivity contribution in [1.82, 2.24) is 3.38 Å². The average Bonchev–Trinajstić information content (AvgIpc) is 1.93. The maximum atomic E-state index is 12.3. The Labute approximate surface area is 106 Å². The quantitative estimate of drug-likeness (QED) is 0.573. The molecule has 0 aromatic heterocycles. The van der Waals surface area contributed by atoms with Gasteiger partial charge in [0.2, 0.25) is 0 Å². The van der Waals surface area contributed by atoms with Crippen molar-refractivity contribution in [2.24, 2.45) is 0 Å². The molecule has 0 aromatic rings. The van der Waals surface area contributed by atoms with Crippen LogP contribution in [0.3, 0.4) is 0 Å². The van der Waals surface area contributed by atoms with Gasteiger partial charge in [-0.2, -0.15) is 26.3 Å². The van der Waals surface area contributed by atoms with Crippen molar-refractivity contribution in [2.45, 2.75) is 30.7 Å². The first kappa shape index (κ1) is 18.7. The second-order valence-electron chi connectivity index (χ2n) is 4.27.